The summed E-state index contributed by atoms with van der Waals surface area (Å²) in [6.45, 7) is 3.25. The molecule has 0 aliphatic heterocycles. The van der Waals surface area contributed by atoms with Crippen LogP contribution in [0.4, 0.5) is 0 Å². The maximum atomic E-state index is 7.75. The molecule has 1 nitrogen and oxygen atoms in total. The topological polar surface area (TPSA) is 17.1 Å². The second kappa shape index (κ2) is 5.89. The molecule has 1 aromatic carbocycles. The average Bonchev–Trinajstić information content (AvgIpc) is 1.96. The molecule has 0 spiro atoms. The van der Waals surface area contributed by atoms with Crippen LogP contribution in [-0.2, 0) is 4.79 Å². The van der Waals surface area contributed by atoms with Gasteiger partial charge in [-0.25, -0.2) is 0 Å². The lowest BCUT2D eigenvalue weighted by atomic mass is 10.4. The van der Waals surface area contributed by atoms with Crippen molar-refractivity contribution in [1.82, 2.24) is 0 Å². The number of hydrogen-bond donors (Lipinski definition) is 0. The van der Waals surface area contributed by atoms with Crippen molar-refractivity contribution in [3.8, 4) is 0 Å². The van der Waals surface area contributed by atoms with Crippen molar-refractivity contribution in [1.29, 1.82) is 0 Å². The predicted octanol–water partition coefficient (Wildman–Crippen LogP) is 1.41. The molecule has 1 radical (unpaired) electrons. The first-order valence-corrected chi connectivity index (χ1v) is 2.24. The van der Waals surface area contributed by atoms with E-state index < -0.39 is 0 Å². The van der Waals surface area contributed by atoms with Crippen molar-refractivity contribution in [2.45, 2.75) is 0 Å². The highest BCUT2D eigenvalue weighted by molar-refractivity contribution is 5.12. The molecule has 1 rings (SSSR count). The zero-order valence-corrected chi connectivity index (χ0v) is 4.45. The largest absolute Gasteiger partial charge is 0.295 e. The minimum Gasteiger partial charge on any atom is -0.295 e. The summed E-state index contributed by atoms with van der Waals surface area (Å²) in [6, 6.07) is 12.0. The van der Waals surface area contributed by atoms with Gasteiger partial charge in [-0.15, -0.1) is 0 Å². The molecule has 0 heterocycles. The summed E-state index contributed by atoms with van der Waals surface area (Å²) in [7, 11) is 0. The van der Waals surface area contributed by atoms with Gasteiger partial charge in [0.1, 0.15) is 0 Å². The van der Waals surface area contributed by atoms with Crippen LogP contribution in [0.2, 0.25) is 0 Å². The van der Waals surface area contributed by atoms with E-state index in [4.69, 9.17) is 4.79 Å². The Bertz CT molecular complexity index is 87.2. The predicted molar refractivity (Wildman–Crippen MR) is 33.2 cm³/mol. The fourth-order valence-corrected chi connectivity index (χ4v) is 0.385. The van der Waals surface area contributed by atoms with Crippen LogP contribution in [0.3, 0.4) is 0 Å². The van der Waals surface area contributed by atoms with E-state index in [2.05, 4.69) is 6.79 Å². The van der Waals surface area contributed by atoms with Gasteiger partial charge in [-0.3, -0.25) is 4.79 Å². The molecule has 1 aromatic rings. The molecule has 0 atom stereocenters. The summed E-state index contributed by atoms with van der Waals surface area (Å²) in [5.74, 6) is 0. The molecule has 0 saturated carbocycles. The summed E-state index contributed by atoms with van der Waals surface area (Å²) >= 11 is 0. The summed E-state index contributed by atoms with van der Waals surface area (Å²) in [6.07, 6.45) is 0. The highest BCUT2D eigenvalue weighted by Crippen LogP contribution is 1.79. The van der Waals surface area contributed by atoms with Gasteiger partial charge in [0.25, 0.3) is 0 Å². The third-order valence-corrected chi connectivity index (χ3v) is 0.667. The summed E-state index contributed by atoms with van der Waals surface area (Å²) in [5, 5.41) is 0. The van der Waals surface area contributed by atoms with Gasteiger partial charge in [0.2, 0.25) is 0 Å². The maximum absolute atomic E-state index is 7.75. The standard InChI is InChI=1S/C6H6.CHO/c1-2-4-6-5-3-1;1-2/h1-6H;1H. The number of carbonyl (C=O) groups excluding carboxylic acids is 1. The molecular formula is C7H7O. The van der Waals surface area contributed by atoms with Crippen LogP contribution in [0.15, 0.2) is 36.4 Å². The summed E-state index contributed by atoms with van der Waals surface area (Å²) in [4.78, 5) is 7.75. The smallest absolute Gasteiger partial charge is 0.182 e. The van der Waals surface area contributed by atoms with Crippen molar-refractivity contribution in [3.05, 3.63) is 36.4 Å². The number of hydrogen-bond acceptors (Lipinski definition) is 1. The van der Waals surface area contributed by atoms with Crippen LogP contribution in [0, 0.1) is 0 Å². The second-order valence-corrected chi connectivity index (χ2v) is 1.15. The molecule has 0 amide bonds. The third-order valence-electron chi connectivity index (χ3n) is 0.667. The lowest BCUT2D eigenvalue weighted by molar-refractivity contribution is 0.574. The average molecular weight is 107 g/mol. The molecule has 8 heavy (non-hydrogen) atoms. The van der Waals surface area contributed by atoms with Crippen LogP contribution in [0.25, 0.3) is 0 Å². The van der Waals surface area contributed by atoms with Crippen molar-refractivity contribution in [3.63, 3.8) is 0 Å². The normalized spacial score (nSPS) is 6.50. The molecule has 0 N–H and O–H groups in total. The molecule has 41 valence electrons. The third kappa shape index (κ3) is 3.09. The lowest BCUT2D eigenvalue weighted by Gasteiger charge is -1.69. The highest BCUT2D eigenvalue weighted by Gasteiger charge is 1.57. The molecule has 0 aromatic heterocycles. The van der Waals surface area contributed by atoms with E-state index in [1.807, 2.05) is 36.4 Å². The Morgan fingerprint density at radius 1 is 0.625 bits per heavy atom. The maximum Gasteiger partial charge on any atom is 0.182 e. The molecule has 0 saturated heterocycles. The number of benzene rings is 1. The second-order valence-electron chi connectivity index (χ2n) is 1.15. The van der Waals surface area contributed by atoms with Gasteiger partial charge in [0, 0.05) is 0 Å². The van der Waals surface area contributed by atoms with Gasteiger partial charge in [-0.1, -0.05) is 36.4 Å². The Kier molecular flexibility index (Phi) is 5.07. The molecule has 0 unspecified atom stereocenters. The van der Waals surface area contributed by atoms with Crippen molar-refractivity contribution in [2.24, 2.45) is 0 Å². The van der Waals surface area contributed by atoms with Gasteiger partial charge in [-0.05, 0) is 0 Å². The molecule has 0 aliphatic carbocycles. The van der Waals surface area contributed by atoms with Crippen molar-refractivity contribution in [2.75, 3.05) is 0 Å². The van der Waals surface area contributed by atoms with Gasteiger partial charge in [-0.2, -0.15) is 0 Å². The zero-order chi connectivity index (χ0) is 6.24. The molecule has 1 heteroatoms. The van der Waals surface area contributed by atoms with E-state index in [1.54, 1.807) is 0 Å². The molecule has 0 aliphatic rings. The SMILES string of the molecule is [CH]=O.c1ccccc1. The van der Waals surface area contributed by atoms with Crippen molar-refractivity contribution >= 4 is 6.79 Å². The fraction of sp³-hybridized carbons (Fsp3) is 0. The Hall–Kier alpha value is -1.11. The van der Waals surface area contributed by atoms with E-state index in [9.17, 15) is 0 Å². The number of rotatable bonds is 0. The zero-order valence-electron chi connectivity index (χ0n) is 4.45. The Balaban J connectivity index is 0.000000222. The van der Waals surface area contributed by atoms with E-state index >= 15 is 0 Å². The van der Waals surface area contributed by atoms with Gasteiger partial charge < -0.3 is 0 Å². The van der Waals surface area contributed by atoms with Crippen LogP contribution in [0.1, 0.15) is 0 Å². The molecule has 0 fully saturated rings. The summed E-state index contributed by atoms with van der Waals surface area (Å²) < 4.78 is 0. The van der Waals surface area contributed by atoms with Crippen LogP contribution < -0.4 is 0 Å². The quantitative estimate of drug-likeness (QED) is 0.458. The van der Waals surface area contributed by atoms with E-state index in [-0.39, 0.29) is 0 Å². The van der Waals surface area contributed by atoms with E-state index in [0.717, 1.165) is 0 Å². The lowest BCUT2D eigenvalue weighted by Crippen LogP contribution is -1.47. The van der Waals surface area contributed by atoms with Gasteiger partial charge in [0.15, 0.2) is 6.79 Å². The Labute approximate surface area is 49.0 Å². The van der Waals surface area contributed by atoms with Crippen molar-refractivity contribution < 1.29 is 4.79 Å². The minimum atomic E-state index is 2.00. The first-order valence-electron chi connectivity index (χ1n) is 2.24. The van der Waals surface area contributed by atoms with Gasteiger partial charge in [0.05, 0.1) is 0 Å². The minimum absolute atomic E-state index is 2.00. The Morgan fingerprint density at radius 3 is 0.875 bits per heavy atom. The summed E-state index contributed by atoms with van der Waals surface area (Å²) in [5.41, 5.74) is 0. The molecule has 0 bridgehead atoms. The fourth-order valence-electron chi connectivity index (χ4n) is 0.385. The van der Waals surface area contributed by atoms with Gasteiger partial charge >= 0.3 is 0 Å². The first kappa shape index (κ1) is 6.89. The molecular weight excluding hydrogens is 100 g/mol. The first-order chi connectivity index (χ1) is 4.00. The van der Waals surface area contributed by atoms with Crippen LogP contribution in [-0.4, -0.2) is 6.79 Å². The van der Waals surface area contributed by atoms with Crippen LogP contribution >= 0.6 is 0 Å². The Morgan fingerprint density at radius 2 is 0.750 bits per heavy atom. The highest BCUT2D eigenvalue weighted by atomic mass is 16.1. The van der Waals surface area contributed by atoms with E-state index in [0.29, 0.717) is 0 Å². The van der Waals surface area contributed by atoms with Crippen LogP contribution in [0.5, 0.6) is 0 Å². The van der Waals surface area contributed by atoms with E-state index in [1.165, 1.54) is 0 Å². The monoisotopic (exact) mass is 107 g/mol.